The number of halogens is 1. The Balaban J connectivity index is 3.62. The van der Waals surface area contributed by atoms with Crippen LogP contribution in [0.3, 0.4) is 0 Å². The second-order valence-corrected chi connectivity index (χ2v) is 3.93. The number of ketones is 1. The van der Waals surface area contributed by atoms with E-state index in [1.54, 1.807) is 0 Å². The van der Waals surface area contributed by atoms with E-state index in [4.69, 9.17) is 0 Å². The van der Waals surface area contributed by atoms with Gasteiger partial charge in [-0.05, 0) is 25.3 Å². The third kappa shape index (κ3) is 8.34. The first kappa shape index (κ1) is 14.3. The van der Waals surface area contributed by atoms with E-state index in [-0.39, 0.29) is 5.78 Å². The van der Waals surface area contributed by atoms with Crippen molar-refractivity contribution in [1.29, 1.82) is 0 Å². The second kappa shape index (κ2) is 9.88. The van der Waals surface area contributed by atoms with Crippen LogP contribution in [0.25, 0.3) is 0 Å². The molecule has 15 heavy (non-hydrogen) atoms. The Bertz CT molecular complexity index is 197. The van der Waals surface area contributed by atoms with Crippen LogP contribution < -0.4 is 0 Å². The number of hydrogen-bond donors (Lipinski definition) is 0. The third-order valence-electron chi connectivity index (χ3n) is 2.40. The van der Waals surface area contributed by atoms with Crippen molar-refractivity contribution in [3.8, 4) is 0 Å². The monoisotopic (exact) mass is 214 g/mol. The van der Waals surface area contributed by atoms with E-state index < -0.39 is 5.83 Å². The second-order valence-electron chi connectivity index (χ2n) is 3.93. The number of hydrogen-bond acceptors (Lipinski definition) is 1. The molecule has 0 heterocycles. The van der Waals surface area contributed by atoms with Crippen LogP contribution in [-0.4, -0.2) is 5.78 Å². The van der Waals surface area contributed by atoms with Crippen molar-refractivity contribution in [1.82, 2.24) is 0 Å². The fourth-order valence-corrected chi connectivity index (χ4v) is 1.37. The number of carbonyl (C=O) groups is 1. The lowest BCUT2D eigenvalue weighted by atomic mass is 10.1. The molecule has 0 saturated carbocycles. The number of unbranched alkanes of at least 4 members (excludes halogenated alkanes) is 5. The van der Waals surface area contributed by atoms with Crippen LogP contribution in [0.5, 0.6) is 0 Å². The highest BCUT2D eigenvalue weighted by Crippen LogP contribution is 2.10. The summed E-state index contributed by atoms with van der Waals surface area (Å²) in [6, 6.07) is 0. The first-order valence-electron chi connectivity index (χ1n) is 6.11. The molecule has 2 heteroatoms. The van der Waals surface area contributed by atoms with Crippen LogP contribution in [0.2, 0.25) is 0 Å². The average Bonchev–Trinajstić information content (AvgIpc) is 2.25. The predicted molar refractivity (Wildman–Crippen MR) is 62.5 cm³/mol. The standard InChI is InChI=1S/C13H23FO/c1-3-5-7-8-9-10-12(14)13(15)11-6-4-2/h10H,3-9,11H2,1-2H3/b12-10-. The lowest BCUT2D eigenvalue weighted by Gasteiger charge is -1.97. The fraction of sp³-hybridized carbons (Fsp3) is 0.769. The molecule has 1 nitrogen and oxygen atoms in total. The van der Waals surface area contributed by atoms with Gasteiger partial charge >= 0.3 is 0 Å². The summed E-state index contributed by atoms with van der Waals surface area (Å²) < 4.78 is 13.1. The van der Waals surface area contributed by atoms with Crippen LogP contribution in [0.1, 0.15) is 65.2 Å². The van der Waals surface area contributed by atoms with Gasteiger partial charge < -0.3 is 0 Å². The van der Waals surface area contributed by atoms with E-state index in [0.717, 1.165) is 25.7 Å². The van der Waals surface area contributed by atoms with Gasteiger partial charge in [0.05, 0.1) is 0 Å². The number of carbonyl (C=O) groups excluding carboxylic acids is 1. The van der Waals surface area contributed by atoms with E-state index in [9.17, 15) is 9.18 Å². The van der Waals surface area contributed by atoms with Crippen LogP contribution in [0.15, 0.2) is 11.9 Å². The summed E-state index contributed by atoms with van der Waals surface area (Å²) in [4.78, 5) is 11.2. The molecule has 0 aliphatic carbocycles. The molecule has 0 N–H and O–H groups in total. The lowest BCUT2D eigenvalue weighted by molar-refractivity contribution is -0.117. The van der Waals surface area contributed by atoms with Crippen LogP contribution in [-0.2, 0) is 4.79 Å². The van der Waals surface area contributed by atoms with Crippen LogP contribution >= 0.6 is 0 Å². The highest BCUT2D eigenvalue weighted by molar-refractivity contribution is 5.93. The minimum atomic E-state index is -0.528. The first-order valence-corrected chi connectivity index (χ1v) is 6.11. The Morgan fingerprint density at radius 3 is 2.33 bits per heavy atom. The number of Topliss-reactive ketones (excluding diaryl/α,β-unsaturated/α-hetero) is 1. The molecule has 0 rings (SSSR count). The van der Waals surface area contributed by atoms with Gasteiger partial charge in [0.2, 0.25) is 0 Å². The third-order valence-corrected chi connectivity index (χ3v) is 2.40. The molecule has 0 fully saturated rings. The molecule has 0 spiro atoms. The summed E-state index contributed by atoms with van der Waals surface area (Å²) >= 11 is 0. The smallest absolute Gasteiger partial charge is 0.190 e. The van der Waals surface area contributed by atoms with Gasteiger partial charge in [-0.15, -0.1) is 0 Å². The predicted octanol–water partition coefficient (Wildman–Crippen LogP) is 4.57. The Morgan fingerprint density at radius 1 is 1.07 bits per heavy atom. The minimum Gasteiger partial charge on any atom is -0.292 e. The molecule has 0 aromatic rings. The quantitative estimate of drug-likeness (QED) is 0.406. The molecule has 0 amide bonds. The van der Waals surface area contributed by atoms with Gasteiger partial charge in [0.15, 0.2) is 11.6 Å². The van der Waals surface area contributed by atoms with E-state index in [1.807, 2.05) is 6.92 Å². The lowest BCUT2D eigenvalue weighted by Crippen LogP contribution is -1.97. The molecule has 88 valence electrons. The number of allylic oxidation sites excluding steroid dienone is 2. The Kier molecular flexibility index (Phi) is 9.44. The highest BCUT2D eigenvalue weighted by atomic mass is 19.1. The normalized spacial score (nSPS) is 11.8. The zero-order valence-corrected chi connectivity index (χ0v) is 10.0. The molecule has 0 bridgehead atoms. The van der Waals surface area contributed by atoms with Gasteiger partial charge in [-0.3, -0.25) is 4.79 Å². The minimum absolute atomic E-state index is 0.327. The van der Waals surface area contributed by atoms with Crippen molar-refractivity contribution >= 4 is 5.78 Å². The number of rotatable bonds is 9. The molecule has 0 unspecified atom stereocenters. The van der Waals surface area contributed by atoms with Crippen molar-refractivity contribution < 1.29 is 9.18 Å². The van der Waals surface area contributed by atoms with Crippen molar-refractivity contribution in [3.05, 3.63) is 11.9 Å². The van der Waals surface area contributed by atoms with Crippen molar-refractivity contribution in [3.63, 3.8) is 0 Å². The summed E-state index contributed by atoms with van der Waals surface area (Å²) in [6.07, 6.45) is 8.73. The van der Waals surface area contributed by atoms with Crippen molar-refractivity contribution in [2.75, 3.05) is 0 Å². The zero-order chi connectivity index (χ0) is 11.5. The van der Waals surface area contributed by atoms with E-state index >= 15 is 0 Å². The maximum Gasteiger partial charge on any atom is 0.190 e. The molecule has 0 aliphatic heterocycles. The largest absolute Gasteiger partial charge is 0.292 e. The molecule has 0 atom stereocenters. The maximum absolute atomic E-state index is 13.1. The van der Waals surface area contributed by atoms with Gasteiger partial charge in [0.1, 0.15) is 0 Å². The maximum atomic E-state index is 13.1. The summed E-state index contributed by atoms with van der Waals surface area (Å²) in [6.45, 7) is 4.14. The van der Waals surface area contributed by atoms with Crippen LogP contribution in [0, 0.1) is 0 Å². The first-order chi connectivity index (χ1) is 7.22. The van der Waals surface area contributed by atoms with Crippen molar-refractivity contribution in [2.45, 2.75) is 65.2 Å². The molecular weight excluding hydrogens is 191 g/mol. The molecule has 0 aromatic carbocycles. The molecule has 0 saturated heterocycles. The molecule has 0 radical (unpaired) electrons. The van der Waals surface area contributed by atoms with Crippen LogP contribution in [0.4, 0.5) is 4.39 Å². The highest BCUT2D eigenvalue weighted by Gasteiger charge is 2.06. The van der Waals surface area contributed by atoms with E-state index in [0.29, 0.717) is 12.8 Å². The SMILES string of the molecule is CCCCCC/C=C(\F)C(=O)CCCC. The fourth-order valence-electron chi connectivity index (χ4n) is 1.37. The summed E-state index contributed by atoms with van der Waals surface area (Å²) in [7, 11) is 0. The van der Waals surface area contributed by atoms with E-state index in [2.05, 4.69) is 6.92 Å². The summed E-state index contributed by atoms with van der Waals surface area (Å²) in [5.74, 6) is -0.854. The molecule has 0 aromatic heterocycles. The Morgan fingerprint density at radius 2 is 1.73 bits per heavy atom. The topological polar surface area (TPSA) is 17.1 Å². The Labute approximate surface area is 92.8 Å². The Hall–Kier alpha value is -0.660. The zero-order valence-electron chi connectivity index (χ0n) is 10.0. The van der Waals surface area contributed by atoms with Gasteiger partial charge in [-0.1, -0.05) is 39.5 Å². The van der Waals surface area contributed by atoms with Gasteiger partial charge in [-0.2, -0.15) is 0 Å². The summed E-state index contributed by atoms with van der Waals surface area (Å²) in [5.41, 5.74) is 0. The molecular formula is C13H23FO. The van der Waals surface area contributed by atoms with E-state index in [1.165, 1.54) is 18.9 Å². The van der Waals surface area contributed by atoms with Gasteiger partial charge in [-0.25, -0.2) is 4.39 Å². The van der Waals surface area contributed by atoms with Gasteiger partial charge in [0.25, 0.3) is 0 Å². The van der Waals surface area contributed by atoms with Crippen molar-refractivity contribution in [2.24, 2.45) is 0 Å². The molecule has 0 aliphatic rings. The summed E-state index contributed by atoms with van der Waals surface area (Å²) in [5, 5.41) is 0. The van der Waals surface area contributed by atoms with Gasteiger partial charge in [0, 0.05) is 6.42 Å². The average molecular weight is 214 g/mol.